The Kier molecular flexibility index (Phi) is 2.81. The normalized spacial score (nSPS) is 44.7. The van der Waals surface area contributed by atoms with Crippen molar-refractivity contribution in [2.45, 2.75) is 45.8 Å². The lowest BCUT2D eigenvalue weighted by atomic mass is 9.80. The van der Waals surface area contributed by atoms with Gasteiger partial charge in [-0.25, -0.2) is 4.79 Å². The minimum absolute atomic E-state index is 0.0143. The maximum atomic E-state index is 11.8. The minimum Gasteiger partial charge on any atom is -0.458 e. The summed E-state index contributed by atoms with van der Waals surface area (Å²) >= 11 is 0. The summed E-state index contributed by atoms with van der Waals surface area (Å²) in [5.74, 6) is -0.0766. The molecule has 0 saturated heterocycles. The molecular formula is C15H22O4. The van der Waals surface area contributed by atoms with Crippen molar-refractivity contribution in [3.8, 4) is 0 Å². The summed E-state index contributed by atoms with van der Waals surface area (Å²) in [6.45, 7) is 6.54. The Morgan fingerprint density at radius 2 is 1.79 bits per heavy atom. The van der Waals surface area contributed by atoms with Crippen LogP contribution in [-0.4, -0.2) is 35.0 Å². The molecule has 2 N–H and O–H groups in total. The number of fused-ring (bicyclic) bond motifs is 1. The van der Waals surface area contributed by atoms with Crippen LogP contribution in [0.2, 0.25) is 0 Å². The molecule has 5 atom stereocenters. The molecule has 4 heteroatoms. The number of hydrogen-bond donors (Lipinski definition) is 2. The summed E-state index contributed by atoms with van der Waals surface area (Å²) in [5, 5.41) is 21.1. The summed E-state index contributed by atoms with van der Waals surface area (Å²) in [6.07, 6.45) is 0.472. The van der Waals surface area contributed by atoms with Gasteiger partial charge in [-0.1, -0.05) is 20.8 Å². The van der Waals surface area contributed by atoms with Gasteiger partial charge in [0.15, 0.2) is 0 Å². The van der Waals surface area contributed by atoms with E-state index < -0.39 is 18.2 Å². The van der Waals surface area contributed by atoms with Crippen LogP contribution < -0.4 is 0 Å². The second kappa shape index (κ2) is 4.06. The third-order valence-corrected chi connectivity index (χ3v) is 5.28. The van der Waals surface area contributed by atoms with Crippen LogP contribution in [0.15, 0.2) is 11.1 Å². The van der Waals surface area contributed by atoms with Crippen LogP contribution in [0.4, 0.5) is 0 Å². The van der Waals surface area contributed by atoms with Crippen LogP contribution >= 0.6 is 0 Å². The van der Waals surface area contributed by atoms with Crippen LogP contribution in [0, 0.1) is 23.2 Å². The molecule has 3 aliphatic rings. The Morgan fingerprint density at radius 3 is 2.47 bits per heavy atom. The van der Waals surface area contributed by atoms with Gasteiger partial charge in [-0.3, -0.25) is 0 Å². The fourth-order valence-corrected chi connectivity index (χ4v) is 4.32. The zero-order valence-electron chi connectivity index (χ0n) is 11.7. The predicted octanol–water partition coefficient (Wildman–Crippen LogP) is 1.26. The molecule has 1 saturated carbocycles. The quantitative estimate of drug-likeness (QED) is 0.648. The first kappa shape index (κ1) is 13.1. The van der Waals surface area contributed by atoms with Crippen molar-refractivity contribution in [1.29, 1.82) is 0 Å². The second-order valence-corrected chi connectivity index (χ2v) is 7.16. The van der Waals surface area contributed by atoms with Crippen molar-refractivity contribution < 1.29 is 19.7 Å². The molecule has 1 aliphatic heterocycles. The summed E-state index contributed by atoms with van der Waals surface area (Å²) < 4.78 is 5.01. The molecule has 19 heavy (non-hydrogen) atoms. The van der Waals surface area contributed by atoms with E-state index in [1.807, 2.05) is 6.92 Å². The monoisotopic (exact) mass is 266 g/mol. The highest BCUT2D eigenvalue weighted by Gasteiger charge is 2.52. The first-order chi connectivity index (χ1) is 8.82. The van der Waals surface area contributed by atoms with Crippen LogP contribution in [0.1, 0.15) is 33.6 Å². The first-order valence-electron chi connectivity index (χ1n) is 7.08. The average Bonchev–Trinajstić information content (AvgIpc) is 2.84. The first-order valence-corrected chi connectivity index (χ1v) is 7.08. The number of hydrogen-bond acceptors (Lipinski definition) is 4. The van der Waals surface area contributed by atoms with Crippen molar-refractivity contribution in [2.75, 3.05) is 6.61 Å². The van der Waals surface area contributed by atoms with Gasteiger partial charge in [-0.05, 0) is 36.0 Å². The van der Waals surface area contributed by atoms with Crippen molar-refractivity contribution in [3.05, 3.63) is 11.1 Å². The van der Waals surface area contributed by atoms with E-state index in [1.165, 1.54) is 0 Å². The van der Waals surface area contributed by atoms with Gasteiger partial charge in [0.2, 0.25) is 0 Å². The molecule has 4 nitrogen and oxygen atoms in total. The molecule has 2 aliphatic carbocycles. The molecule has 0 bridgehead atoms. The Morgan fingerprint density at radius 1 is 1.16 bits per heavy atom. The molecule has 0 aromatic heterocycles. The largest absolute Gasteiger partial charge is 0.458 e. The van der Waals surface area contributed by atoms with E-state index in [0.717, 1.165) is 12.8 Å². The van der Waals surface area contributed by atoms with Crippen molar-refractivity contribution >= 4 is 5.97 Å². The van der Waals surface area contributed by atoms with Gasteiger partial charge in [0.25, 0.3) is 0 Å². The van der Waals surface area contributed by atoms with Gasteiger partial charge < -0.3 is 14.9 Å². The average molecular weight is 266 g/mol. The van der Waals surface area contributed by atoms with E-state index in [9.17, 15) is 15.0 Å². The van der Waals surface area contributed by atoms with E-state index in [0.29, 0.717) is 11.1 Å². The lowest BCUT2D eigenvalue weighted by Gasteiger charge is -2.28. The van der Waals surface area contributed by atoms with Crippen molar-refractivity contribution in [3.63, 3.8) is 0 Å². The molecule has 0 aromatic carbocycles. The van der Waals surface area contributed by atoms with Gasteiger partial charge >= 0.3 is 5.97 Å². The molecule has 1 fully saturated rings. The highest BCUT2D eigenvalue weighted by molar-refractivity contribution is 5.93. The maximum Gasteiger partial charge on any atom is 0.337 e. The van der Waals surface area contributed by atoms with Crippen molar-refractivity contribution in [1.82, 2.24) is 0 Å². The molecule has 3 rings (SSSR count). The number of ether oxygens (including phenoxy) is 1. The highest BCUT2D eigenvalue weighted by Crippen LogP contribution is 2.53. The van der Waals surface area contributed by atoms with Crippen LogP contribution in [0.25, 0.3) is 0 Å². The fourth-order valence-electron chi connectivity index (χ4n) is 4.32. The lowest BCUT2D eigenvalue weighted by molar-refractivity contribution is -0.137. The number of cyclic esters (lactones) is 1. The Labute approximate surface area is 113 Å². The van der Waals surface area contributed by atoms with E-state index in [2.05, 4.69) is 13.8 Å². The predicted molar refractivity (Wildman–Crippen MR) is 69.2 cm³/mol. The second-order valence-electron chi connectivity index (χ2n) is 7.16. The van der Waals surface area contributed by atoms with Gasteiger partial charge in [-0.2, -0.15) is 0 Å². The topological polar surface area (TPSA) is 66.8 Å². The molecule has 0 unspecified atom stereocenters. The molecular weight excluding hydrogens is 244 g/mol. The number of rotatable bonds is 0. The fraction of sp³-hybridized carbons (Fsp3) is 0.800. The Hall–Kier alpha value is -0.870. The highest BCUT2D eigenvalue weighted by atomic mass is 16.5. The molecule has 1 heterocycles. The molecule has 0 amide bonds. The smallest absolute Gasteiger partial charge is 0.337 e. The van der Waals surface area contributed by atoms with Gasteiger partial charge in [0, 0.05) is 5.57 Å². The van der Waals surface area contributed by atoms with E-state index in [4.69, 9.17) is 4.74 Å². The van der Waals surface area contributed by atoms with Crippen LogP contribution in [0.3, 0.4) is 0 Å². The number of carbonyl (C=O) groups is 1. The number of esters is 1. The van der Waals surface area contributed by atoms with Crippen LogP contribution in [-0.2, 0) is 9.53 Å². The lowest BCUT2D eigenvalue weighted by Crippen LogP contribution is -2.31. The van der Waals surface area contributed by atoms with Gasteiger partial charge in [0.05, 0.1) is 17.8 Å². The van der Waals surface area contributed by atoms with Gasteiger partial charge in [0.1, 0.15) is 6.61 Å². The van der Waals surface area contributed by atoms with Crippen LogP contribution in [0.5, 0.6) is 0 Å². The number of aliphatic hydroxyl groups excluding tert-OH is 2. The molecule has 0 spiro atoms. The summed E-state index contributed by atoms with van der Waals surface area (Å²) in [6, 6.07) is 0. The number of aliphatic hydroxyl groups is 2. The summed E-state index contributed by atoms with van der Waals surface area (Å²) in [7, 11) is 0. The summed E-state index contributed by atoms with van der Waals surface area (Å²) in [4.78, 5) is 11.8. The zero-order valence-corrected chi connectivity index (χ0v) is 11.7. The maximum absolute atomic E-state index is 11.8. The third-order valence-electron chi connectivity index (χ3n) is 5.28. The molecule has 0 radical (unpaired) electrons. The standard InChI is InChI=1S/C15H22O4/c1-7-8-4-15(2,3)5-9(8)13(17)10-6-19-14(18)11(10)12(7)16/h7-9,12-13,16-17H,4-6H2,1-3H3/t7-,8+,9+,12+,13-/m0/s1. The van der Waals surface area contributed by atoms with Gasteiger partial charge in [-0.15, -0.1) is 0 Å². The van der Waals surface area contributed by atoms with E-state index in [1.54, 1.807) is 0 Å². The third kappa shape index (κ3) is 1.84. The molecule has 106 valence electrons. The summed E-state index contributed by atoms with van der Waals surface area (Å²) in [5.41, 5.74) is 1.13. The Bertz CT molecular complexity index is 451. The molecule has 0 aromatic rings. The minimum atomic E-state index is -0.802. The Balaban J connectivity index is 2.03. The van der Waals surface area contributed by atoms with E-state index in [-0.39, 0.29) is 29.8 Å². The SMILES string of the molecule is C[C@H]1[C@H]2CC(C)(C)C[C@H]2[C@H](O)C2=C(C(=O)OC2)[C@@H]1O. The number of carbonyl (C=O) groups excluding carboxylic acids is 1. The zero-order chi connectivity index (χ0) is 13.9. The van der Waals surface area contributed by atoms with Crippen molar-refractivity contribution in [2.24, 2.45) is 23.2 Å². The van der Waals surface area contributed by atoms with E-state index >= 15 is 0 Å².